The summed E-state index contributed by atoms with van der Waals surface area (Å²) in [6, 6.07) is 9.93. The van der Waals surface area contributed by atoms with E-state index in [-0.39, 0.29) is 53.7 Å². The van der Waals surface area contributed by atoms with Crippen LogP contribution in [0.4, 0.5) is 13.6 Å². The van der Waals surface area contributed by atoms with Gasteiger partial charge < -0.3 is 29.3 Å². The van der Waals surface area contributed by atoms with E-state index in [0.29, 0.717) is 18.6 Å². The molecule has 1 atom stereocenters. The van der Waals surface area contributed by atoms with E-state index < -0.39 is 47.6 Å². The zero-order valence-corrected chi connectivity index (χ0v) is 24.6. The highest BCUT2D eigenvalue weighted by Gasteiger charge is 2.58. The summed E-state index contributed by atoms with van der Waals surface area (Å²) in [5.41, 5.74) is 4.04. The number of rotatable bonds is 6. The lowest BCUT2D eigenvalue weighted by molar-refractivity contribution is -0.0467. The molecule has 4 heterocycles. The van der Waals surface area contributed by atoms with Crippen LogP contribution >= 0.6 is 11.8 Å². The standard InChI is InChI=1S/C31H29F2N3O7S/c1-2-9-41-30(39)43-16-42-28-23(37)12-22(36-27(28)29(38)35-25(34-36)13-40-15-31(35)7-8-31)19-11-21(32)26(33)20-14-44-24-6-4-3-5-17(24)10-18(19)20/h3-6,11-12,25,34H,2,7-10,13-16H2,1H3/t25-/m0/s1. The molecule has 0 bridgehead atoms. The second-order valence-electron chi connectivity index (χ2n) is 11.2. The summed E-state index contributed by atoms with van der Waals surface area (Å²) in [6.07, 6.45) is 0.785. The van der Waals surface area contributed by atoms with Gasteiger partial charge in [-0.1, -0.05) is 25.1 Å². The van der Waals surface area contributed by atoms with Crippen LogP contribution in [0.5, 0.6) is 5.75 Å². The molecule has 2 aromatic carbocycles. The van der Waals surface area contributed by atoms with Gasteiger partial charge in [0.15, 0.2) is 17.3 Å². The second kappa shape index (κ2) is 11.1. The molecule has 0 unspecified atom stereocenters. The number of nitrogens with one attached hydrogen (secondary N) is 1. The molecule has 1 aliphatic carbocycles. The summed E-state index contributed by atoms with van der Waals surface area (Å²) in [5, 5.41) is 0. The highest BCUT2D eigenvalue weighted by atomic mass is 32.2. The average molecular weight is 626 g/mol. The van der Waals surface area contributed by atoms with Gasteiger partial charge in [0.2, 0.25) is 18.0 Å². The summed E-state index contributed by atoms with van der Waals surface area (Å²) in [7, 11) is 0. The SMILES string of the molecule is CCCOC(=O)OCOc1c2n(c(-c3cc(F)c(F)c4c3Cc3ccccc3SC4)cc1=O)N[C@@H]1COCC3(CC3)N1C2=O. The molecule has 2 fully saturated rings. The van der Waals surface area contributed by atoms with E-state index in [0.717, 1.165) is 29.4 Å². The average Bonchev–Trinajstić information content (AvgIpc) is 3.81. The molecule has 10 nitrogen and oxygen atoms in total. The molecule has 44 heavy (non-hydrogen) atoms. The summed E-state index contributed by atoms with van der Waals surface area (Å²) >= 11 is 1.41. The highest BCUT2D eigenvalue weighted by Crippen LogP contribution is 2.48. The van der Waals surface area contributed by atoms with E-state index in [4.69, 9.17) is 18.9 Å². The number of amides is 1. The van der Waals surface area contributed by atoms with Gasteiger partial charge in [0, 0.05) is 27.8 Å². The maximum Gasteiger partial charge on any atom is 0.511 e. The van der Waals surface area contributed by atoms with Crippen LogP contribution in [0.15, 0.2) is 46.1 Å². The predicted molar refractivity (Wildman–Crippen MR) is 155 cm³/mol. The number of hydrogen-bond acceptors (Lipinski definition) is 9. The number of ether oxygens (including phenoxy) is 4. The van der Waals surface area contributed by atoms with Crippen LogP contribution < -0.4 is 15.6 Å². The number of fused-ring (bicyclic) bond motifs is 5. The molecule has 1 aromatic heterocycles. The van der Waals surface area contributed by atoms with Gasteiger partial charge in [-0.15, -0.1) is 11.8 Å². The fraction of sp³-hybridized carbons (Fsp3) is 0.387. The van der Waals surface area contributed by atoms with Crippen LogP contribution in [0.1, 0.15) is 53.4 Å². The van der Waals surface area contributed by atoms with Crippen molar-refractivity contribution < 1.29 is 37.3 Å². The number of carbonyl (C=O) groups is 2. The largest absolute Gasteiger partial charge is 0.511 e. The van der Waals surface area contributed by atoms with Crippen LogP contribution in [0.25, 0.3) is 11.3 Å². The molecule has 7 rings (SSSR count). The predicted octanol–water partition coefficient (Wildman–Crippen LogP) is 4.78. The third-order valence-corrected chi connectivity index (χ3v) is 9.54. The molecule has 1 saturated heterocycles. The normalized spacial score (nSPS) is 19.1. The first kappa shape index (κ1) is 28.7. The summed E-state index contributed by atoms with van der Waals surface area (Å²) in [5.74, 6) is -2.64. The number of nitrogens with zero attached hydrogens (tertiary/aromatic N) is 2. The molecule has 3 aromatic rings. The summed E-state index contributed by atoms with van der Waals surface area (Å²) in [6.45, 7) is 1.84. The van der Waals surface area contributed by atoms with Gasteiger partial charge in [0.25, 0.3) is 5.91 Å². The lowest BCUT2D eigenvalue weighted by Crippen LogP contribution is -2.64. The van der Waals surface area contributed by atoms with E-state index in [9.17, 15) is 14.4 Å². The van der Waals surface area contributed by atoms with Crippen molar-refractivity contribution in [3.63, 3.8) is 0 Å². The molecular formula is C31H29F2N3O7S. The van der Waals surface area contributed by atoms with E-state index in [1.165, 1.54) is 22.5 Å². The monoisotopic (exact) mass is 625 g/mol. The Morgan fingerprint density at radius 3 is 2.77 bits per heavy atom. The maximum atomic E-state index is 15.3. The first-order valence-corrected chi connectivity index (χ1v) is 15.4. The van der Waals surface area contributed by atoms with Crippen LogP contribution in [-0.2, 0) is 26.4 Å². The van der Waals surface area contributed by atoms with Crippen LogP contribution in [-0.4, -0.2) is 60.0 Å². The van der Waals surface area contributed by atoms with Crippen molar-refractivity contribution in [2.75, 3.05) is 32.0 Å². The summed E-state index contributed by atoms with van der Waals surface area (Å²) in [4.78, 5) is 42.5. The molecule has 230 valence electrons. The summed E-state index contributed by atoms with van der Waals surface area (Å²) < 4.78 is 53.3. The number of hydrogen-bond donors (Lipinski definition) is 1. The van der Waals surface area contributed by atoms with E-state index in [2.05, 4.69) is 5.43 Å². The number of thioether (sulfide) groups is 1. The number of halogens is 2. The Kier molecular flexibility index (Phi) is 7.24. The molecule has 0 radical (unpaired) electrons. The van der Waals surface area contributed by atoms with Crippen LogP contribution in [0.3, 0.4) is 0 Å². The zero-order valence-electron chi connectivity index (χ0n) is 23.8. The molecule has 1 N–H and O–H groups in total. The number of morpholine rings is 1. The van der Waals surface area contributed by atoms with Crippen molar-refractivity contribution in [1.82, 2.24) is 9.58 Å². The molecular weight excluding hydrogens is 596 g/mol. The second-order valence-corrected chi connectivity index (χ2v) is 12.2. The third kappa shape index (κ3) is 4.78. The van der Waals surface area contributed by atoms with E-state index in [1.807, 2.05) is 31.2 Å². The van der Waals surface area contributed by atoms with Crippen molar-refractivity contribution in [2.45, 2.75) is 55.0 Å². The Morgan fingerprint density at radius 2 is 1.98 bits per heavy atom. The molecule has 1 amide bonds. The third-order valence-electron chi connectivity index (χ3n) is 8.39. The minimum atomic E-state index is -1.06. The maximum absolute atomic E-state index is 15.3. The first-order chi connectivity index (χ1) is 21.3. The van der Waals surface area contributed by atoms with Crippen LogP contribution in [0, 0.1) is 11.6 Å². The van der Waals surface area contributed by atoms with Gasteiger partial charge in [-0.2, -0.15) is 0 Å². The lowest BCUT2D eigenvalue weighted by atomic mass is 9.92. The van der Waals surface area contributed by atoms with Gasteiger partial charge in [-0.05, 0) is 48.9 Å². The number of benzene rings is 2. The number of aromatic nitrogens is 1. The van der Waals surface area contributed by atoms with Crippen molar-refractivity contribution in [3.8, 4) is 17.0 Å². The fourth-order valence-electron chi connectivity index (χ4n) is 6.13. The topological polar surface area (TPSA) is 108 Å². The minimum Gasteiger partial charge on any atom is -0.451 e. The number of pyridine rings is 1. The fourth-order valence-corrected chi connectivity index (χ4v) is 7.23. The van der Waals surface area contributed by atoms with Gasteiger partial charge in [0.1, 0.15) is 6.17 Å². The van der Waals surface area contributed by atoms with Gasteiger partial charge in [0.05, 0.1) is 31.1 Å². The van der Waals surface area contributed by atoms with Crippen molar-refractivity contribution in [3.05, 3.63) is 80.6 Å². The van der Waals surface area contributed by atoms with Crippen molar-refractivity contribution in [1.29, 1.82) is 0 Å². The quantitative estimate of drug-likeness (QED) is 0.306. The molecule has 3 aliphatic heterocycles. The zero-order chi connectivity index (χ0) is 30.6. The lowest BCUT2D eigenvalue weighted by Gasteiger charge is -2.47. The molecule has 1 saturated carbocycles. The van der Waals surface area contributed by atoms with Gasteiger partial charge >= 0.3 is 6.16 Å². The van der Waals surface area contributed by atoms with Crippen molar-refractivity contribution >= 4 is 23.8 Å². The highest BCUT2D eigenvalue weighted by molar-refractivity contribution is 7.98. The van der Waals surface area contributed by atoms with E-state index >= 15 is 8.78 Å². The molecule has 4 aliphatic rings. The first-order valence-electron chi connectivity index (χ1n) is 14.4. The Balaban J connectivity index is 1.37. The van der Waals surface area contributed by atoms with Gasteiger partial charge in [-0.25, -0.2) is 18.3 Å². The Bertz CT molecular complexity index is 1740. The molecule has 13 heteroatoms. The Hall–Kier alpha value is -4.10. The Labute approximate surface area is 255 Å². The number of carbonyl (C=O) groups excluding carboxylic acids is 2. The smallest absolute Gasteiger partial charge is 0.451 e. The van der Waals surface area contributed by atoms with E-state index in [1.54, 1.807) is 4.90 Å². The van der Waals surface area contributed by atoms with Crippen LogP contribution in [0.2, 0.25) is 0 Å². The van der Waals surface area contributed by atoms with Gasteiger partial charge in [-0.3, -0.25) is 9.59 Å². The Morgan fingerprint density at radius 1 is 1.16 bits per heavy atom. The molecule has 1 spiro atoms. The van der Waals surface area contributed by atoms with Crippen molar-refractivity contribution in [2.24, 2.45) is 0 Å². The minimum absolute atomic E-state index is 0.135.